The molecule has 0 saturated carbocycles. The molecule has 1 aliphatic carbocycles. The van der Waals surface area contributed by atoms with Gasteiger partial charge >= 0.3 is 0 Å². The Bertz CT molecular complexity index is 685. The van der Waals surface area contributed by atoms with Crippen molar-refractivity contribution in [3.8, 4) is 0 Å². The number of nitrogens with two attached hydrogens (primary N) is 1. The summed E-state index contributed by atoms with van der Waals surface area (Å²) in [6.07, 6.45) is 4.90. The van der Waals surface area contributed by atoms with Crippen molar-refractivity contribution < 1.29 is 4.79 Å². The first-order valence-corrected chi connectivity index (χ1v) is 9.03. The zero-order chi connectivity index (χ0) is 16.1. The predicted molar refractivity (Wildman–Crippen MR) is 110 cm³/mol. The molecule has 1 unspecified atom stereocenters. The fourth-order valence-corrected chi connectivity index (χ4v) is 3.70. The summed E-state index contributed by atoms with van der Waals surface area (Å²) in [5.41, 5.74) is 10.1. The van der Waals surface area contributed by atoms with E-state index in [1.165, 1.54) is 11.1 Å². The molecule has 0 spiro atoms. The van der Waals surface area contributed by atoms with Crippen LogP contribution in [0.4, 0.5) is 5.69 Å². The Morgan fingerprint density at radius 2 is 2.12 bits per heavy atom. The summed E-state index contributed by atoms with van der Waals surface area (Å²) < 4.78 is 0. The Morgan fingerprint density at radius 1 is 1.28 bits per heavy atom. The van der Waals surface area contributed by atoms with Gasteiger partial charge in [0.15, 0.2) is 0 Å². The summed E-state index contributed by atoms with van der Waals surface area (Å²) in [5, 5.41) is 3.16. The molecule has 4 nitrogen and oxygen atoms in total. The van der Waals surface area contributed by atoms with Gasteiger partial charge in [0.1, 0.15) is 0 Å². The third-order valence-electron chi connectivity index (χ3n) is 4.03. The molecule has 3 N–H and O–H groups in total. The molecule has 2 aromatic rings. The van der Waals surface area contributed by atoms with E-state index in [0.29, 0.717) is 5.75 Å². The van der Waals surface area contributed by atoms with Crippen molar-refractivity contribution in [3.63, 3.8) is 0 Å². The van der Waals surface area contributed by atoms with Crippen LogP contribution in [0.25, 0.3) is 0 Å². The molecule has 1 atom stereocenters. The number of hydrogen-bond donors (Lipinski definition) is 2. The number of rotatable bonds is 5. The quantitative estimate of drug-likeness (QED) is 0.747. The van der Waals surface area contributed by atoms with E-state index in [0.717, 1.165) is 36.4 Å². The number of fused-ring (bicyclic) bond motifs is 1. The molecule has 0 saturated heterocycles. The Morgan fingerprint density at radius 3 is 2.88 bits per heavy atom. The molecule has 25 heavy (non-hydrogen) atoms. The van der Waals surface area contributed by atoms with E-state index in [9.17, 15) is 4.79 Å². The number of benzene rings is 1. The number of halogens is 2. The van der Waals surface area contributed by atoms with Crippen LogP contribution < -0.4 is 11.1 Å². The maximum absolute atomic E-state index is 12.2. The van der Waals surface area contributed by atoms with Crippen molar-refractivity contribution in [1.29, 1.82) is 0 Å². The maximum Gasteiger partial charge on any atom is 0.230 e. The first-order valence-electron chi connectivity index (χ1n) is 7.87. The number of carbonyl (C=O) groups excluding carboxylic acids is 1. The van der Waals surface area contributed by atoms with Gasteiger partial charge in [-0.05, 0) is 54.7 Å². The molecule has 1 aromatic heterocycles. The van der Waals surface area contributed by atoms with Crippen LogP contribution in [0.1, 0.15) is 35.7 Å². The molecule has 7 heteroatoms. The van der Waals surface area contributed by atoms with Gasteiger partial charge in [-0.25, -0.2) is 0 Å². The van der Waals surface area contributed by atoms with Crippen LogP contribution >= 0.6 is 36.6 Å². The van der Waals surface area contributed by atoms with Crippen molar-refractivity contribution in [2.45, 2.75) is 31.1 Å². The smallest absolute Gasteiger partial charge is 0.230 e. The molecular weight excluding hydrogens is 377 g/mol. The van der Waals surface area contributed by atoms with E-state index in [4.69, 9.17) is 5.73 Å². The third kappa shape index (κ3) is 6.10. The van der Waals surface area contributed by atoms with Crippen LogP contribution in [0.15, 0.2) is 42.6 Å². The normalized spacial score (nSPS) is 15.3. The van der Waals surface area contributed by atoms with E-state index < -0.39 is 0 Å². The lowest BCUT2D eigenvalue weighted by Gasteiger charge is -2.26. The minimum absolute atomic E-state index is 0. The molecule has 1 aliphatic rings. The standard InChI is InChI=1S/C18H21N3OS.2ClH/c19-14-7-8-16-13(10-14)4-3-6-17(16)21-18(22)12-23-11-15-5-1-2-9-20-15;;/h1-2,5,7-10,17H,3-4,6,11-12,19H2,(H,21,22);2*1H. The molecular formula is C18H23Cl2N3OS. The summed E-state index contributed by atoms with van der Waals surface area (Å²) in [4.78, 5) is 16.5. The topological polar surface area (TPSA) is 68.0 Å². The summed E-state index contributed by atoms with van der Waals surface area (Å²) in [5.74, 6) is 1.30. The number of nitrogens with one attached hydrogen (secondary N) is 1. The molecule has 136 valence electrons. The highest BCUT2D eigenvalue weighted by molar-refractivity contribution is 7.99. The van der Waals surface area contributed by atoms with E-state index in [-0.39, 0.29) is 36.8 Å². The summed E-state index contributed by atoms with van der Waals surface area (Å²) in [6.45, 7) is 0. The highest BCUT2D eigenvalue weighted by Crippen LogP contribution is 2.31. The Balaban J connectivity index is 0.00000156. The number of anilines is 1. The molecule has 0 bridgehead atoms. The molecule has 0 fully saturated rings. The SMILES string of the molecule is Cl.Cl.Nc1ccc2c(c1)CCCC2NC(=O)CSCc1ccccn1. The van der Waals surface area contributed by atoms with Gasteiger partial charge in [-0.2, -0.15) is 0 Å². The zero-order valence-electron chi connectivity index (χ0n) is 13.8. The van der Waals surface area contributed by atoms with E-state index >= 15 is 0 Å². The number of aromatic nitrogens is 1. The second kappa shape index (κ2) is 10.5. The van der Waals surface area contributed by atoms with Crippen LogP contribution in [0.2, 0.25) is 0 Å². The molecule has 0 aliphatic heterocycles. The fraction of sp³-hybridized carbons (Fsp3) is 0.333. The first-order chi connectivity index (χ1) is 11.2. The average Bonchev–Trinajstić information content (AvgIpc) is 2.56. The molecule has 1 aromatic carbocycles. The second-order valence-electron chi connectivity index (χ2n) is 5.78. The van der Waals surface area contributed by atoms with E-state index in [1.807, 2.05) is 30.3 Å². The van der Waals surface area contributed by atoms with Crippen LogP contribution in [0.5, 0.6) is 0 Å². The minimum Gasteiger partial charge on any atom is -0.399 e. The second-order valence-corrected chi connectivity index (χ2v) is 6.77. The van der Waals surface area contributed by atoms with Gasteiger partial charge in [-0.3, -0.25) is 9.78 Å². The van der Waals surface area contributed by atoms with Crippen LogP contribution in [0, 0.1) is 0 Å². The number of nitrogens with zero attached hydrogens (tertiary/aromatic N) is 1. The van der Waals surface area contributed by atoms with Crippen molar-refractivity contribution in [3.05, 3.63) is 59.4 Å². The van der Waals surface area contributed by atoms with Gasteiger partial charge in [-0.1, -0.05) is 12.1 Å². The van der Waals surface area contributed by atoms with Crippen LogP contribution in [-0.2, 0) is 17.0 Å². The lowest BCUT2D eigenvalue weighted by Crippen LogP contribution is -2.32. The number of amides is 1. The van der Waals surface area contributed by atoms with Gasteiger partial charge in [0.05, 0.1) is 17.5 Å². The Kier molecular flexibility index (Phi) is 9.11. The van der Waals surface area contributed by atoms with Crippen molar-refractivity contribution in [2.24, 2.45) is 0 Å². The molecule has 3 rings (SSSR count). The molecule has 1 amide bonds. The maximum atomic E-state index is 12.2. The lowest BCUT2D eigenvalue weighted by atomic mass is 9.87. The van der Waals surface area contributed by atoms with Gasteiger partial charge in [0.25, 0.3) is 0 Å². The van der Waals surface area contributed by atoms with Gasteiger partial charge in [-0.15, -0.1) is 36.6 Å². The Hall–Kier alpha value is -1.43. The number of hydrogen-bond acceptors (Lipinski definition) is 4. The summed E-state index contributed by atoms with van der Waals surface area (Å²) in [7, 11) is 0. The van der Waals surface area contributed by atoms with Gasteiger partial charge in [0, 0.05) is 17.6 Å². The third-order valence-corrected chi connectivity index (χ3v) is 4.99. The van der Waals surface area contributed by atoms with Crippen molar-refractivity contribution in [2.75, 3.05) is 11.5 Å². The highest BCUT2D eigenvalue weighted by Gasteiger charge is 2.21. The first kappa shape index (κ1) is 21.6. The summed E-state index contributed by atoms with van der Waals surface area (Å²) in [6, 6.07) is 12.0. The number of nitrogen functional groups attached to an aromatic ring is 1. The van der Waals surface area contributed by atoms with Gasteiger partial charge in [0.2, 0.25) is 5.91 Å². The van der Waals surface area contributed by atoms with E-state index in [1.54, 1.807) is 18.0 Å². The fourth-order valence-electron chi connectivity index (χ4n) is 2.95. The number of pyridine rings is 1. The van der Waals surface area contributed by atoms with Crippen molar-refractivity contribution >= 4 is 48.2 Å². The lowest BCUT2D eigenvalue weighted by molar-refractivity contribution is -0.119. The minimum atomic E-state index is 0. The molecule has 0 radical (unpaired) electrons. The van der Waals surface area contributed by atoms with Crippen LogP contribution in [0.3, 0.4) is 0 Å². The monoisotopic (exact) mass is 399 g/mol. The number of aryl methyl sites for hydroxylation is 1. The zero-order valence-corrected chi connectivity index (χ0v) is 16.3. The average molecular weight is 400 g/mol. The number of carbonyl (C=O) groups is 1. The summed E-state index contributed by atoms with van der Waals surface area (Å²) >= 11 is 1.59. The van der Waals surface area contributed by atoms with Crippen molar-refractivity contribution in [1.82, 2.24) is 10.3 Å². The van der Waals surface area contributed by atoms with Gasteiger partial charge < -0.3 is 11.1 Å². The largest absolute Gasteiger partial charge is 0.399 e. The Labute approximate surface area is 165 Å². The number of thioether (sulfide) groups is 1. The highest BCUT2D eigenvalue weighted by atomic mass is 35.5. The molecule has 1 heterocycles. The predicted octanol–water partition coefficient (Wildman–Crippen LogP) is 3.93. The van der Waals surface area contributed by atoms with E-state index in [2.05, 4.69) is 16.4 Å². The van der Waals surface area contributed by atoms with Crippen LogP contribution in [-0.4, -0.2) is 16.6 Å².